The van der Waals surface area contributed by atoms with Crippen molar-refractivity contribution < 1.29 is 23.8 Å². The molecule has 7 heteroatoms. The average molecular weight is 272 g/mol. The van der Waals surface area contributed by atoms with Crippen molar-refractivity contribution in [3.8, 4) is 0 Å². The van der Waals surface area contributed by atoms with Gasteiger partial charge < -0.3 is 25.3 Å². The normalized spacial score (nSPS) is 28.6. The fraction of sp³-hybridized carbons (Fsp3) is 0.667. The van der Waals surface area contributed by atoms with Crippen molar-refractivity contribution in [1.29, 1.82) is 0 Å². The van der Waals surface area contributed by atoms with Crippen LogP contribution in [-0.4, -0.2) is 44.7 Å². The lowest BCUT2D eigenvalue weighted by Crippen LogP contribution is -2.31. The molecule has 3 N–H and O–H groups in total. The van der Waals surface area contributed by atoms with E-state index in [0.29, 0.717) is 19.3 Å². The van der Waals surface area contributed by atoms with Gasteiger partial charge in [-0.25, -0.2) is 9.59 Å². The molecule has 0 aromatic rings. The van der Waals surface area contributed by atoms with E-state index >= 15 is 0 Å². The van der Waals surface area contributed by atoms with E-state index in [4.69, 9.17) is 19.9 Å². The molecule has 7 nitrogen and oxygen atoms in total. The van der Waals surface area contributed by atoms with Gasteiger partial charge in [0, 0.05) is 20.6 Å². The van der Waals surface area contributed by atoms with E-state index in [0.717, 1.165) is 0 Å². The van der Waals surface area contributed by atoms with E-state index in [1.807, 2.05) is 0 Å². The number of primary amides is 1. The maximum atomic E-state index is 11.2. The monoisotopic (exact) mass is 272 g/mol. The van der Waals surface area contributed by atoms with Crippen LogP contribution in [0.4, 0.5) is 9.59 Å². The first-order valence-corrected chi connectivity index (χ1v) is 6.10. The van der Waals surface area contributed by atoms with Crippen molar-refractivity contribution in [3.63, 3.8) is 0 Å². The van der Waals surface area contributed by atoms with E-state index in [9.17, 15) is 9.59 Å². The molecule has 0 aromatic carbocycles. The van der Waals surface area contributed by atoms with Crippen molar-refractivity contribution in [1.82, 2.24) is 5.32 Å². The maximum absolute atomic E-state index is 11.2. The third kappa shape index (κ3) is 5.60. The van der Waals surface area contributed by atoms with E-state index in [2.05, 4.69) is 5.32 Å². The summed E-state index contributed by atoms with van der Waals surface area (Å²) in [6.07, 6.45) is 2.97. The third-order valence-corrected chi connectivity index (χ3v) is 2.87. The molecule has 0 saturated heterocycles. The number of nitrogens with one attached hydrogen (secondary N) is 1. The maximum Gasteiger partial charge on any atom is 0.407 e. The molecular formula is C12H20N2O5. The number of hydrogen-bond acceptors (Lipinski definition) is 5. The molecule has 0 saturated carbocycles. The summed E-state index contributed by atoms with van der Waals surface area (Å²) in [5.74, 6) is 0. The molecule has 0 aliphatic heterocycles. The van der Waals surface area contributed by atoms with Crippen LogP contribution < -0.4 is 11.1 Å². The Morgan fingerprint density at radius 3 is 2.47 bits per heavy atom. The molecular weight excluding hydrogens is 252 g/mol. The zero-order valence-electron chi connectivity index (χ0n) is 11.1. The van der Waals surface area contributed by atoms with Crippen LogP contribution in [0.15, 0.2) is 12.2 Å². The van der Waals surface area contributed by atoms with Gasteiger partial charge in [0.05, 0.1) is 6.10 Å². The minimum atomic E-state index is -0.826. The Balaban J connectivity index is 2.70. The van der Waals surface area contributed by atoms with Crippen LogP contribution in [0.3, 0.4) is 0 Å². The number of carbonyl (C=O) groups excluding carboxylic acids is 2. The minimum absolute atomic E-state index is 0.0708. The second-order valence-corrected chi connectivity index (χ2v) is 4.22. The second-order valence-electron chi connectivity index (χ2n) is 4.22. The summed E-state index contributed by atoms with van der Waals surface area (Å²) in [4.78, 5) is 22.0. The van der Waals surface area contributed by atoms with Gasteiger partial charge in [-0.2, -0.15) is 0 Å². The van der Waals surface area contributed by atoms with Crippen molar-refractivity contribution in [3.05, 3.63) is 12.2 Å². The summed E-state index contributed by atoms with van der Waals surface area (Å²) in [5, 5.41) is 2.38. The predicted molar refractivity (Wildman–Crippen MR) is 67.6 cm³/mol. The molecule has 1 aliphatic rings. The first-order valence-electron chi connectivity index (χ1n) is 6.10. The Bertz CT molecular complexity index is 345. The first kappa shape index (κ1) is 15.3. The Morgan fingerprint density at radius 1 is 1.21 bits per heavy atom. The second kappa shape index (κ2) is 7.63. The molecule has 108 valence electrons. The molecule has 0 bridgehead atoms. The largest absolute Gasteiger partial charge is 0.442 e. The van der Waals surface area contributed by atoms with Gasteiger partial charge in [0.25, 0.3) is 0 Å². The Labute approximate surface area is 112 Å². The highest BCUT2D eigenvalue weighted by molar-refractivity contribution is 5.67. The first-order chi connectivity index (χ1) is 9.05. The highest BCUT2D eigenvalue weighted by Crippen LogP contribution is 2.19. The highest BCUT2D eigenvalue weighted by Gasteiger charge is 2.22. The van der Waals surface area contributed by atoms with Gasteiger partial charge in [-0.05, 0) is 25.0 Å². The molecule has 19 heavy (non-hydrogen) atoms. The quantitative estimate of drug-likeness (QED) is 0.744. The van der Waals surface area contributed by atoms with Crippen LogP contribution in [0.2, 0.25) is 0 Å². The van der Waals surface area contributed by atoms with E-state index < -0.39 is 24.4 Å². The number of hydrogen-bond donors (Lipinski definition) is 2. The Hall–Kier alpha value is -1.76. The summed E-state index contributed by atoms with van der Waals surface area (Å²) >= 11 is 0. The van der Waals surface area contributed by atoms with Gasteiger partial charge in [-0.1, -0.05) is 0 Å². The fourth-order valence-corrected chi connectivity index (χ4v) is 1.90. The standard InChI is InChI=1S/C12H20N2O5/c1-14-12(16)19-10-6-4-8(18-11(13)15)3-5-9(7-10)17-2/h4,6,8-10H,3,5,7H2,1-2H3,(H2,13,15)(H,14,16)/b6-4+. The van der Waals surface area contributed by atoms with E-state index in [-0.39, 0.29) is 6.10 Å². The van der Waals surface area contributed by atoms with Crippen molar-refractivity contribution in [2.75, 3.05) is 14.2 Å². The summed E-state index contributed by atoms with van der Waals surface area (Å²) in [6.45, 7) is 0. The van der Waals surface area contributed by atoms with Gasteiger partial charge in [-0.3, -0.25) is 0 Å². The molecule has 1 aliphatic carbocycles. The molecule has 1 rings (SSSR count). The number of ether oxygens (including phenoxy) is 3. The van der Waals surface area contributed by atoms with Gasteiger partial charge in [0.1, 0.15) is 12.2 Å². The van der Waals surface area contributed by atoms with Crippen LogP contribution >= 0.6 is 0 Å². The van der Waals surface area contributed by atoms with Crippen molar-refractivity contribution in [2.24, 2.45) is 5.73 Å². The molecule has 0 heterocycles. The zero-order chi connectivity index (χ0) is 14.3. The van der Waals surface area contributed by atoms with E-state index in [1.54, 1.807) is 19.3 Å². The summed E-state index contributed by atoms with van der Waals surface area (Å²) in [7, 11) is 3.08. The molecule has 0 fully saturated rings. The topological polar surface area (TPSA) is 99.9 Å². The van der Waals surface area contributed by atoms with Crippen LogP contribution in [0.1, 0.15) is 19.3 Å². The molecule has 2 amide bonds. The number of carbonyl (C=O) groups is 2. The van der Waals surface area contributed by atoms with Crippen LogP contribution in [-0.2, 0) is 14.2 Å². The minimum Gasteiger partial charge on any atom is -0.442 e. The summed E-state index contributed by atoms with van der Waals surface area (Å²) < 4.78 is 15.4. The number of amides is 2. The smallest absolute Gasteiger partial charge is 0.407 e. The number of nitrogens with two attached hydrogens (primary N) is 1. The molecule has 3 unspecified atom stereocenters. The van der Waals surface area contributed by atoms with Gasteiger partial charge in [-0.15, -0.1) is 0 Å². The Kier molecular flexibility index (Phi) is 6.14. The lowest BCUT2D eigenvalue weighted by Gasteiger charge is -2.25. The molecule has 0 aromatic heterocycles. The average Bonchev–Trinajstić information content (AvgIpc) is 2.36. The lowest BCUT2D eigenvalue weighted by atomic mass is 9.99. The van der Waals surface area contributed by atoms with Crippen LogP contribution in [0.5, 0.6) is 0 Å². The number of alkyl carbamates (subject to hydrolysis) is 1. The van der Waals surface area contributed by atoms with Crippen LogP contribution in [0, 0.1) is 0 Å². The van der Waals surface area contributed by atoms with E-state index in [1.165, 1.54) is 7.05 Å². The van der Waals surface area contributed by atoms with Gasteiger partial charge >= 0.3 is 12.2 Å². The zero-order valence-corrected chi connectivity index (χ0v) is 11.1. The molecule has 0 radical (unpaired) electrons. The van der Waals surface area contributed by atoms with Crippen molar-refractivity contribution in [2.45, 2.75) is 37.6 Å². The van der Waals surface area contributed by atoms with Gasteiger partial charge in [0.15, 0.2) is 0 Å². The SMILES string of the molecule is CNC(=O)OC1/C=C/C(OC(N)=O)CCC(OC)C1. The molecule has 0 spiro atoms. The fourth-order valence-electron chi connectivity index (χ4n) is 1.90. The highest BCUT2D eigenvalue weighted by atomic mass is 16.6. The lowest BCUT2D eigenvalue weighted by molar-refractivity contribution is 0.0301. The Morgan fingerprint density at radius 2 is 1.89 bits per heavy atom. The van der Waals surface area contributed by atoms with Gasteiger partial charge in [0.2, 0.25) is 0 Å². The summed E-state index contributed by atoms with van der Waals surface area (Å²) in [6, 6.07) is 0. The molecule has 3 atom stereocenters. The predicted octanol–water partition coefficient (Wildman–Crippen LogP) is 0.930. The summed E-state index contributed by atoms with van der Waals surface area (Å²) in [5.41, 5.74) is 5.00. The third-order valence-electron chi connectivity index (χ3n) is 2.87. The number of methoxy groups -OCH3 is 1. The van der Waals surface area contributed by atoms with Crippen molar-refractivity contribution >= 4 is 12.2 Å². The van der Waals surface area contributed by atoms with Crippen LogP contribution in [0.25, 0.3) is 0 Å². The number of rotatable bonds is 3.